The van der Waals surface area contributed by atoms with Crippen molar-refractivity contribution in [1.29, 1.82) is 10.5 Å². The van der Waals surface area contributed by atoms with Crippen LogP contribution in [0.25, 0.3) is 50.2 Å². The number of pyridine rings is 1. The van der Waals surface area contributed by atoms with Crippen LogP contribution in [0.4, 0.5) is 11.5 Å². The number of anilines is 2. The Hall–Kier alpha value is -15.0. The van der Waals surface area contributed by atoms with Crippen LogP contribution in [0.1, 0.15) is 143 Å². The molecule has 0 radical (unpaired) electrons. The van der Waals surface area contributed by atoms with Gasteiger partial charge in [0.2, 0.25) is 27.7 Å². The molecule has 16 rings (SSSR count). The van der Waals surface area contributed by atoms with E-state index in [-0.39, 0.29) is 132 Å². The van der Waals surface area contributed by atoms with Crippen molar-refractivity contribution in [3.8, 4) is 23.4 Å². The molecular formula is C103H120N20O18S2. The summed E-state index contributed by atoms with van der Waals surface area (Å²) < 4.78 is 71.1. The zero-order valence-electron chi connectivity index (χ0n) is 80.3. The van der Waals surface area contributed by atoms with Gasteiger partial charge in [-0.2, -0.15) is 34.4 Å². The number of carbonyl (C=O) groups excluding carboxylic acids is 10. The second-order valence-electron chi connectivity index (χ2n) is 35.5. The van der Waals surface area contributed by atoms with Gasteiger partial charge in [-0.05, 0) is 188 Å². The van der Waals surface area contributed by atoms with Crippen molar-refractivity contribution in [1.82, 2.24) is 64.7 Å². The minimum atomic E-state index is -3.91. The van der Waals surface area contributed by atoms with E-state index in [0.717, 1.165) is 80.6 Å². The number of allylic oxidation sites excluding steroid dienone is 1. The number of ketones is 2. The Morgan fingerprint density at radius 1 is 0.748 bits per heavy atom. The van der Waals surface area contributed by atoms with Gasteiger partial charge in [-0.1, -0.05) is 156 Å². The minimum Gasteiger partial charge on any atom is -0.454 e. The van der Waals surface area contributed by atoms with Gasteiger partial charge in [0.1, 0.15) is 24.2 Å². The van der Waals surface area contributed by atoms with E-state index in [1.165, 1.54) is 29.0 Å². The molecule has 40 heteroatoms. The highest BCUT2D eigenvalue weighted by Gasteiger charge is 2.38. The van der Waals surface area contributed by atoms with Crippen LogP contribution in [0.2, 0.25) is 0 Å². The van der Waals surface area contributed by atoms with Crippen molar-refractivity contribution in [3.05, 3.63) is 234 Å². The van der Waals surface area contributed by atoms with Gasteiger partial charge in [-0.15, -0.1) is 0 Å². The number of imidazole rings is 1. The minimum absolute atomic E-state index is 0.0614. The lowest BCUT2D eigenvalue weighted by Crippen LogP contribution is -2.48. The maximum Gasteiger partial charge on any atom is 0.373 e. The molecule has 0 bridgehead atoms. The first kappa shape index (κ1) is 108. The number of rotatable bonds is 36. The number of benzene rings is 6. The van der Waals surface area contributed by atoms with Gasteiger partial charge in [-0.3, -0.25) is 43.3 Å². The number of hydrogen-bond donors (Lipinski definition) is 10. The Bertz CT molecular complexity index is 6630. The molecule has 1 aliphatic carbocycles. The third kappa shape index (κ3) is 32.2. The number of Topliss-reactive ketones (excluding diaryl/α,β-unsaturated/α-hetero) is 2. The number of ether oxygens (including phenoxy) is 2. The van der Waals surface area contributed by atoms with Crippen molar-refractivity contribution >= 4 is 130 Å². The second-order valence-corrected chi connectivity index (χ2v) is 39.1. The second kappa shape index (κ2) is 53.6. The van der Waals surface area contributed by atoms with Crippen LogP contribution in [-0.2, 0) is 105 Å². The number of guanidine groups is 1. The normalized spacial score (nSPS) is 15.7. The number of H-pyrrole nitrogens is 1. The standard InChI is InChI=1S/C27H31N3O6S.C25H22N6O.C25H27N3O4.C14H27N5O3.C11H13N3O2S.CO2/c1-18(2)14-21(29-27(33)25-16-20-8-3-4-10-24(20)36-25)22(31)15-19-9-7-13-30(17-23(19)32)37(34,35)26-11-5-6-12-28-26;26-14-22-29-24(23-25(30-22)31(16-28-23)10-3-11-32)27-15-17-4-1-6-19(12-17)21-9-8-18-5-2-7-20(18)13-21;1-17(13-19-14-26-21-10-4-3-9-20(19)21)25(31)27-15-24(30)32-16-23(29)28-12-6-8-18-7-2-5-11-22(18)28;1-9(2)7-10(19-13(21)11-8-22-11)12(20)17-5-3-4-6-18-14(15)16;12-9-14-7-6-10(8-14)13-17(15,16)11-4-2-1-3-5-11;2-1-3/h3-6,8,10-12,16,18-19,21H,7,9,13-15,17H2,1-2H3,(H,29,33);1-2,4,6-9,12-13,16,32H,3,5,10-11,15H2,(H,27,29,30);2-5,7,9-11,14,17,26H,6,8,12-13,15-16H2,1H3,(H,27,31);9-11H,3-8H2,1-2H3,(H,17,20)(H,19,21)(H4,15,16,18);1-5,10,13H,6-8H2;/t19-,21+;;17-;10-,11+;;/m1.01../s1. The summed E-state index contributed by atoms with van der Waals surface area (Å²) in [6.07, 6.45) is 19.2. The number of esters is 1. The molecule has 143 heavy (non-hydrogen) atoms. The number of furan rings is 1. The number of nitrogens with zero attached hydrogens (tertiary/aromatic N) is 11. The number of likely N-dealkylation sites (tertiary alicyclic amines) is 1. The van der Waals surface area contributed by atoms with E-state index >= 15 is 0 Å². The summed E-state index contributed by atoms with van der Waals surface area (Å²) in [5.41, 5.74) is 22.4. The fourth-order valence-corrected chi connectivity index (χ4v) is 19.1. The summed E-state index contributed by atoms with van der Waals surface area (Å²) in [6, 6.07) is 52.9. The Morgan fingerprint density at radius 3 is 2.21 bits per heavy atom. The molecule has 5 amide bonds. The molecule has 0 spiro atoms. The molecular weight excluding hydrogens is 1870 g/mol. The maximum atomic E-state index is 13.3. The molecule has 9 heterocycles. The topological polar surface area (TPSA) is 560 Å². The fraction of sp³-hybridized carbons (Fsp3) is 0.379. The molecule has 38 nitrogen and oxygen atoms in total. The predicted octanol–water partition coefficient (Wildman–Crippen LogP) is 9.54. The summed E-state index contributed by atoms with van der Waals surface area (Å²) in [4.78, 5) is 144. The Kier molecular flexibility index (Phi) is 40.6. The van der Waals surface area contributed by atoms with Gasteiger partial charge in [0.25, 0.3) is 27.7 Å². The highest BCUT2D eigenvalue weighted by atomic mass is 32.2. The fourth-order valence-electron chi connectivity index (χ4n) is 16.5. The number of aliphatic hydroxyl groups is 1. The summed E-state index contributed by atoms with van der Waals surface area (Å²) >= 11 is 0. The number of nitriles is 2. The van der Waals surface area contributed by atoms with Crippen LogP contribution in [0.15, 0.2) is 214 Å². The summed E-state index contributed by atoms with van der Waals surface area (Å²) in [5.74, 6) is -2.25. The highest BCUT2D eigenvalue weighted by molar-refractivity contribution is 7.89. The summed E-state index contributed by atoms with van der Waals surface area (Å²) in [7, 11) is -7.37. The summed E-state index contributed by atoms with van der Waals surface area (Å²) in [6.45, 7) is 13.4. The van der Waals surface area contributed by atoms with Crippen molar-refractivity contribution in [2.75, 3.05) is 82.4 Å². The average Bonchev–Trinajstić information content (AvgIpc) is 1.55. The Balaban J connectivity index is 0.000000173. The van der Waals surface area contributed by atoms with Gasteiger partial charge >= 0.3 is 12.1 Å². The molecule has 1 unspecified atom stereocenters. The number of nitrogens with one attached hydrogen (secondary N) is 7. The smallest absolute Gasteiger partial charge is 0.373 e. The molecule has 6 atom stereocenters. The van der Waals surface area contributed by atoms with Crippen LogP contribution >= 0.6 is 0 Å². The van der Waals surface area contributed by atoms with E-state index in [2.05, 4.69) is 116 Å². The number of aryl methyl sites for hydroxylation is 2. The SMILES string of the molecule is CC(C)C[C@@H](NC(=O)[C@@H]1CO1)C(=O)NCCCCN=C(N)N.CC(C)C[C@H](NC(=O)c1cc2ccccc2o1)C(=O)C[C@H]1CCCN(S(=O)(=O)c2ccccn2)CC1=O.C[C@@H](Cc1c[nH]c2ccccc12)C(=O)NCC(=O)OCC(=O)N1CCCc2ccccc21.N#CN1CCC(NS(=O)(=O)c2ccccc2)C1.N#Cc1nc(NCc2cccc(-c3ccc4c(c3)C=CC4)c2)c2ncn(CCCO)c2n1.O=C=O. The van der Waals surface area contributed by atoms with E-state index in [4.69, 9.17) is 45.3 Å². The van der Waals surface area contributed by atoms with Gasteiger partial charge in [-0.25, -0.2) is 31.5 Å². The molecule has 0 saturated carbocycles. The average molecular weight is 1990 g/mol. The summed E-state index contributed by atoms with van der Waals surface area (Å²) in [5, 5.41) is 43.3. The zero-order valence-corrected chi connectivity index (χ0v) is 82.0. The van der Waals surface area contributed by atoms with Crippen molar-refractivity contribution < 1.29 is 83.8 Å². The van der Waals surface area contributed by atoms with Crippen LogP contribution in [0.5, 0.6) is 0 Å². The van der Waals surface area contributed by atoms with Gasteiger partial charge in [0, 0.05) is 118 Å². The number of para-hydroxylation sites is 3. The number of fused-ring (bicyclic) bond motifs is 5. The number of aromatic nitrogens is 6. The van der Waals surface area contributed by atoms with Crippen LogP contribution < -0.4 is 47.7 Å². The molecule has 5 aromatic heterocycles. The zero-order chi connectivity index (χ0) is 103. The van der Waals surface area contributed by atoms with E-state index in [1.54, 1.807) is 70.7 Å². The van der Waals surface area contributed by atoms with Gasteiger partial charge in [0.15, 0.2) is 64.2 Å². The molecule has 6 aromatic carbocycles. The number of aromatic amines is 1. The van der Waals surface area contributed by atoms with Gasteiger partial charge in [0.05, 0.1) is 30.4 Å². The van der Waals surface area contributed by atoms with Crippen molar-refractivity contribution in [3.63, 3.8) is 0 Å². The Labute approximate surface area is 829 Å². The molecule has 5 aliphatic rings. The molecule has 11 aromatic rings. The van der Waals surface area contributed by atoms with E-state index < -0.39 is 49.9 Å². The van der Waals surface area contributed by atoms with Crippen LogP contribution in [0.3, 0.4) is 0 Å². The molecule has 12 N–H and O–H groups in total. The third-order valence-corrected chi connectivity index (χ3v) is 27.1. The van der Waals surface area contributed by atoms with E-state index in [9.17, 15) is 60.5 Å². The third-order valence-electron chi connectivity index (χ3n) is 23.8. The molecule has 752 valence electrons. The number of hydrogen-bond acceptors (Lipinski definition) is 27. The number of nitrogens with two attached hydrogens (primary N) is 2. The van der Waals surface area contributed by atoms with Crippen LogP contribution in [-0.4, -0.2) is 216 Å². The van der Waals surface area contributed by atoms with E-state index in [1.807, 2.05) is 124 Å². The molecule has 4 aliphatic heterocycles. The molecule has 3 fully saturated rings. The predicted molar refractivity (Wildman–Crippen MR) is 535 cm³/mol. The first-order valence-corrected chi connectivity index (χ1v) is 50.2. The first-order valence-electron chi connectivity index (χ1n) is 47.3. The number of unbranched alkanes of at least 4 members (excludes halogenated alkanes) is 1. The maximum absolute atomic E-state index is 13.3. The monoisotopic (exact) mass is 1990 g/mol. The number of epoxide rings is 1. The largest absolute Gasteiger partial charge is 0.454 e. The number of aliphatic imine (C=N–C) groups is 1. The quantitative estimate of drug-likeness (QED) is 0.00436. The molecule has 3 saturated heterocycles. The number of carbonyl (C=O) groups is 8. The van der Waals surface area contributed by atoms with Gasteiger partial charge < -0.3 is 76.4 Å². The van der Waals surface area contributed by atoms with Crippen molar-refractivity contribution in [2.24, 2.45) is 40.1 Å². The highest BCUT2D eigenvalue weighted by Crippen LogP contribution is 2.32. The van der Waals surface area contributed by atoms with Crippen LogP contribution in [0, 0.1) is 46.5 Å². The number of amides is 5. The van der Waals surface area contributed by atoms with E-state index in [0.29, 0.717) is 126 Å². The lowest BCUT2D eigenvalue weighted by molar-refractivity contribution is -0.192. The lowest BCUT2D eigenvalue weighted by Gasteiger charge is -2.29. The number of sulfonamides is 2. The number of aliphatic hydroxyl groups excluding tert-OH is 1. The Morgan fingerprint density at radius 2 is 1.48 bits per heavy atom. The van der Waals surface area contributed by atoms with Crippen molar-refractivity contribution in [2.45, 2.75) is 165 Å². The first-order chi connectivity index (χ1) is 68.8. The lowest BCUT2D eigenvalue weighted by atomic mass is 9.89.